The highest BCUT2D eigenvalue weighted by Gasteiger charge is 2.27. The molecule has 3 rings (SSSR count). The van der Waals surface area contributed by atoms with E-state index in [9.17, 15) is 8.42 Å². The normalized spacial score (nSPS) is 22.8. The average Bonchev–Trinajstić information content (AvgIpc) is 2.50. The molecule has 0 saturated heterocycles. The molecule has 2 aromatic rings. The number of sulfonamides is 1. The molecule has 3 nitrogen and oxygen atoms in total. The first kappa shape index (κ1) is 16.0. The molecule has 0 aliphatic heterocycles. The Morgan fingerprint density at radius 3 is 2.45 bits per heavy atom. The molecule has 22 heavy (non-hydrogen) atoms. The fraction of sp³-hybridized carbons (Fsp3) is 0.412. The molecule has 0 aromatic heterocycles. The second-order valence-corrected chi connectivity index (χ2v) is 8.62. The summed E-state index contributed by atoms with van der Waals surface area (Å²) in [6.45, 7) is 2.13. The van der Waals surface area contributed by atoms with Crippen LogP contribution in [0.1, 0.15) is 32.6 Å². The lowest BCUT2D eigenvalue weighted by atomic mass is 9.87. The lowest BCUT2D eigenvalue weighted by Gasteiger charge is -2.29. The summed E-state index contributed by atoms with van der Waals surface area (Å²) in [6.07, 6.45) is 4.31. The van der Waals surface area contributed by atoms with Gasteiger partial charge in [-0.15, -0.1) is 0 Å². The van der Waals surface area contributed by atoms with Crippen LogP contribution in [0, 0.1) is 5.92 Å². The topological polar surface area (TPSA) is 46.2 Å². The SMILES string of the molecule is C[C@@H]1CCCC[C@@H]1NS(=O)(=O)c1ccc(Br)c2ccccc12. The molecular weight excluding hydrogens is 362 g/mol. The maximum absolute atomic E-state index is 12.8. The molecule has 1 saturated carbocycles. The van der Waals surface area contributed by atoms with E-state index in [0.717, 1.165) is 34.5 Å². The Morgan fingerprint density at radius 2 is 1.73 bits per heavy atom. The first-order valence-electron chi connectivity index (χ1n) is 7.68. The molecule has 0 bridgehead atoms. The van der Waals surface area contributed by atoms with Crippen molar-refractivity contribution >= 4 is 36.7 Å². The van der Waals surface area contributed by atoms with E-state index in [1.807, 2.05) is 24.3 Å². The predicted octanol–water partition coefficient (Wildman–Crippen LogP) is 4.46. The Labute approximate surface area is 140 Å². The molecule has 1 aliphatic rings. The van der Waals surface area contributed by atoms with E-state index in [-0.39, 0.29) is 6.04 Å². The van der Waals surface area contributed by atoms with Crippen LogP contribution < -0.4 is 4.72 Å². The molecule has 0 spiro atoms. The average molecular weight is 382 g/mol. The van der Waals surface area contributed by atoms with Crippen molar-refractivity contribution in [3.8, 4) is 0 Å². The van der Waals surface area contributed by atoms with Crippen molar-refractivity contribution in [1.29, 1.82) is 0 Å². The molecule has 0 heterocycles. The van der Waals surface area contributed by atoms with Crippen LogP contribution in [0.15, 0.2) is 45.8 Å². The van der Waals surface area contributed by atoms with Gasteiger partial charge >= 0.3 is 0 Å². The summed E-state index contributed by atoms with van der Waals surface area (Å²) >= 11 is 3.49. The van der Waals surface area contributed by atoms with E-state index >= 15 is 0 Å². The maximum Gasteiger partial charge on any atom is 0.241 e. The van der Waals surface area contributed by atoms with Crippen LogP contribution in [0.2, 0.25) is 0 Å². The van der Waals surface area contributed by atoms with Crippen molar-refractivity contribution < 1.29 is 8.42 Å². The lowest BCUT2D eigenvalue weighted by Crippen LogP contribution is -2.41. The van der Waals surface area contributed by atoms with Gasteiger partial charge in [0, 0.05) is 15.9 Å². The zero-order valence-corrected chi connectivity index (χ0v) is 15.0. The van der Waals surface area contributed by atoms with Crippen LogP contribution in [0.3, 0.4) is 0 Å². The molecule has 118 valence electrons. The van der Waals surface area contributed by atoms with E-state index in [2.05, 4.69) is 27.6 Å². The van der Waals surface area contributed by atoms with Crippen molar-refractivity contribution in [2.24, 2.45) is 5.92 Å². The quantitative estimate of drug-likeness (QED) is 0.852. The summed E-state index contributed by atoms with van der Waals surface area (Å²) in [5.74, 6) is 0.394. The maximum atomic E-state index is 12.8. The number of fused-ring (bicyclic) bond motifs is 1. The van der Waals surface area contributed by atoms with Crippen molar-refractivity contribution in [3.63, 3.8) is 0 Å². The van der Waals surface area contributed by atoms with Gasteiger partial charge in [-0.3, -0.25) is 0 Å². The number of nitrogens with one attached hydrogen (secondary N) is 1. The van der Waals surface area contributed by atoms with Gasteiger partial charge in [0.15, 0.2) is 0 Å². The van der Waals surface area contributed by atoms with E-state index in [4.69, 9.17) is 0 Å². The monoisotopic (exact) mass is 381 g/mol. The van der Waals surface area contributed by atoms with Gasteiger partial charge in [-0.05, 0) is 36.3 Å². The molecule has 1 N–H and O–H groups in total. The van der Waals surface area contributed by atoms with E-state index in [1.165, 1.54) is 6.42 Å². The predicted molar refractivity (Wildman–Crippen MR) is 93.4 cm³/mol. The van der Waals surface area contributed by atoms with Gasteiger partial charge < -0.3 is 0 Å². The zero-order chi connectivity index (χ0) is 15.7. The van der Waals surface area contributed by atoms with Crippen LogP contribution >= 0.6 is 15.9 Å². The third kappa shape index (κ3) is 3.07. The van der Waals surface area contributed by atoms with Crippen LogP contribution in [0.5, 0.6) is 0 Å². The van der Waals surface area contributed by atoms with Gasteiger partial charge in [0.2, 0.25) is 10.0 Å². The second-order valence-electron chi connectivity index (χ2n) is 6.08. The summed E-state index contributed by atoms with van der Waals surface area (Å²) in [6, 6.07) is 11.1. The molecule has 0 radical (unpaired) electrons. The summed E-state index contributed by atoms with van der Waals surface area (Å²) in [5.41, 5.74) is 0. The van der Waals surface area contributed by atoms with Crippen molar-refractivity contribution in [1.82, 2.24) is 4.72 Å². The zero-order valence-electron chi connectivity index (χ0n) is 12.5. The number of hydrogen-bond donors (Lipinski definition) is 1. The number of benzene rings is 2. The number of rotatable bonds is 3. The Bertz CT molecular complexity index is 788. The lowest BCUT2D eigenvalue weighted by molar-refractivity contribution is 0.310. The largest absolute Gasteiger partial charge is 0.241 e. The molecule has 2 aromatic carbocycles. The van der Waals surface area contributed by atoms with Gasteiger partial charge in [-0.2, -0.15) is 0 Å². The van der Waals surface area contributed by atoms with Gasteiger partial charge in [-0.1, -0.05) is 60.0 Å². The van der Waals surface area contributed by atoms with E-state index < -0.39 is 10.0 Å². The van der Waals surface area contributed by atoms with Gasteiger partial charge in [0.05, 0.1) is 4.90 Å². The summed E-state index contributed by atoms with van der Waals surface area (Å²) in [5, 5.41) is 1.68. The molecular formula is C17H20BrNO2S. The molecule has 0 unspecified atom stereocenters. The minimum atomic E-state index is -3.51. The molecule has 2 atom stereocenters. The van der Waals surface area contributed by atoms with Gasteiger partial charge in [0.1, 0.15) is 0 Å². The summed E-state index contributed by atoms with van der Waals surface area (Å²) in [7, 11) is -3.51. The third-order valence-electron chi connectivity index (χ3n) is 4.54. The fourth-order valence-corrected chi connectivity index (χ4v) is 5.29. The Balaban J connectivity index is 2.01. The fourth-order valence-electron chi connectivity index (χ4n) is 3.22. The summed E-state index contributed by atoms with van der Waals surface area (Å²) < 4.78 is 29.5. The first-order chi connectivity index (χ1) is 10.5. The Hall–Kier alpha value is -0.910. The molecule has 1 aliphatic carbocycles. The smallest absolute Gasteiger partial charge is 0.208 e. The molecule has 1 fully saturated rings. The van der Waals surface area contributed by atoms with E-state index in [1.54, 1.807) is 12.1 Å². The van der Waals surface area contributed by atoms with Crippen molar-refractivity contribution in [2.45, 2.75) is 43.5 Å². The standard InChI is InChI=1S/C17H20BrNO2S/c1-12-6-2-5-9-16(12)19-22(20,21)17-11-10-15(18)13-7-3-4-8-14(13)17/h3-4,7-8,10-12,16,19H,2,5-6,9H2,1H3/t12-,16+/m1/s1. The molecule has 5 heteroatoms. The van der Waals surface area contributed by atoms with Gasteiger partial charge in [0.25, 0.3) is 0 Å². The van der Waals surface area contributed by atoms with Gasteiger partial charge in [-0.25, -0.2) is 13.1 Å². The van der Waals surface area contributed by atoms with Crippen LogP contribution in [-0.4, -0.2) is 14.5 Å². The Kier molecular flexibility index (Phi) is 4.57. The van der Waals surface area contributed by atoms with Crippen molar-refractivity contribution in [2.75, 3.05) is 0 Å². The van der Waals surface area contributed by atoms with Crippen LogP contribution in [-0.2, 0) is 10.0 Å². The third-order valence-corrected chi connectivity index (χ3v) is 6.78. The minimum Gasteiger partial charge on any atom is -0.208 e. The second kappa shape index (κ2) is 6.30. The van der Waals surface area contributed by atoms with E-state index in [0.29, 0.717) is 10.8 Å². The highest BCUT2D eigenvalue weighted by atomic mass is 79.9. The van der Waals surface area contributed by atoms with Crippen LogP contribution in [0.4, 0.5) is 0 Å². The number of halogens is 1. The van der Waals surface area contributed by atoms with Crippen molar-refractivity contribution in [3.05, 3.63) is 40.9 Å². The number of hydrogen-bond acceptors (Lipinski definition) is 2. The Morgan fingerprint density at radius 1 is 1.05 bits per heavy atom. The van der Waals surface area contributed by atoms with Crippen LogP contribution in [0.25, 0.3) is 10.8 Å². The summed E-state index contributed by atoms with van der Waals surface area (Å²) in [4.78, 5) is 0.365. The highest BCUT2D eigenvalue weighted by molar-refractivity contribution is 9.10. The highest BCUT2D eigenvalue weighted by Crippen LogP contribution is 2.31. The minimum absolute atomic E-state index is 0.0427. The molecule has 0 amide bonds. The first-order valence-corrected chi connectivity index (χ1v) is 9.96.